The maximum absolute atomic E-state index is 12.2. The Labute approximate surface area is 166 Å². The molecule has 2 N–H and O–H groups in total. The first-order valence-corrected chi connectivity index (χ1v) is 11.0. The van der Waals surface area contributed by atoms with Crippen molar-refractivity contribution in [2.24, 2.45) is 34.0 Å². The van der Waals surface area contributed by atoms with Gasteiger partial charge in [0, 0.05) is 0 Å². The molecule has 3 fully saturated rings. The van der Waals surface area contributed by atoms with Gasteiger partial charge < -0.3 is 14.9 Å². The molecule has 0 aromatic heterocycles. The molecular formula is C23H32O5. The number of hydrogen-bond acceptors (Lipinski definition) is 3. The molecule has 1 saturated heterocycles. The summed E-state index contributed by atoms with van der Waals surface area (Å²) in [6.07, 6.45) is 7.13. The van der Waals surface area contributed by atoms with Gasteiger partial charge in [0.25, 0.3) is 0 Å². The minimum atomic E-state index is -0.730. The fourth-order valence-electron chi connectivity index (χ4n) is 8.65. The van der Waals surface area contributed by atoms with Gasteiger partial charge in [0.1, 0.15) is 0 Å². The zero-order valence-electron chi connectivity index (χ0n) is 17.2. The highest BCUT2D eigenvalue weighted by molar-refractivity contribution is 5.75. The van der Waals surface area contributed by atoms with Crippen LogP contribution in [-0.4, -0.2) is 34.4 Å². The average molecular weight is 389 g/mol. The van der Waals surface area contributed by atoms with E-state index in [0.717, 1.165) is 44.9 Å². The van der Waals surface area contributed by atoms with Gasteiger partial charge in [-0.05, 0) is 85.7 Å². The van der Waals surface area contributed by atoms with Crippen LogP contribution in [0.2, 0.25) is 0 Å². The van der Waals surface area contributed by atoms with Crippen molar-refractivity contribution in [3.63, 3.8) is 0 Å². The summed E-state index contributed by atoms with van der Waals surface area (Å²) in [4.78, 5) is 23.9. The van der Waals surface area contributed by atoms with Crippen molar-refractivity contribution in [2.75, 3.05) is 0 Å². The topological polar surface area (TPSA) is 83.8 Å². The molecule has 2 saturated carbocycles. The first kappa shape index (κ1) is 18.7. The first-order valence-electron chi connectivity index (χ1n) is 11.0. The summed E-state index contributed by atoms with van der Waals surface area (Å²) in [5.41, 5.74) is 2.13. The predicted molar refractivity (Wildman–Crippen MR) is 103 cm³/mol. The first-order chi connectivity index (χ1) is 13.1. The third-order valence-electron chi connectivity index (χ3n) is 9.77. The number of carbonyl (C=O) groups is 2. The molecule has 2 bridgehead atoms. The van der Waals surface area contributed by atoms with Crippen LogP contribution in [0, 0.1) is 34.0 Å². The van der Waals surface area contributed by atoms with E-state index in [-0.39, 0.29) is 34.9 Å². The van der Waals surface area contributed by atoms with E-state index in [9.17, 15) is 19.8 Å². The van der Waals surface area contributed by atoms with Gasteiger partial charge in [-0.2, -0.15) is 0 Å². The lowest BCUT2D eigenvalue weighted by atomic mass is 9.39. The van der Waals surface area contributed by atoms with Gasteiger partial charge in [-0.15, -0.1) is 0 Å². The van der Waals surface area contributed by atoms with Crippen LogP contribution in [0.25, 0.3) is 0 Å². The second-order valence-corrected chi connectivity index (χ2v) is 10.8. The van der Waals surface area contributed by atoms with E-state index in [1.165, 1.54) is 11.1 Å². The summed E-state index contributed by atoms with van der Waals surface area (Å²) >= 11 is 0. The zero-order valence-corrected chi connectivity index (χ0v) is 17.2. The summed E-state index contributed by atoms with van der Waals surface area (Å²) in [7, 11) is 0. The van der Waals surface area contributed by atoms with Crippen molar-refractivity contribution in [1.82, 2.24) is 0 Å². The molecule has 8 atom stereocenters. The van der Waals surface area contributed by atoms with Crippen LogP contribution in [0.15, 0.2) is 11.1 Å². The number of carboxylic acid groups (broad SMARTS) is 2. The van der Waals surface area contributed by atoms with E-state index in [0.29, 0.717) is 12.3 Å². The molecule has 5 aliphatic rings. The molecule has 5 heteroatoms. The maximum Gasteiger partial charge on any atom is 0.309 e. The van der Waals surface area contributed by atoms with Gasteiger partial charge in [0.15, 0.2) is 0 Å². The summed E-state index contributed by atoms with van der Waals surface area (Å²) in [5, 5.41) is 19.6. The minimum Gasteiger partial charge on any atom is -0.481 e. The van der Waals surface area contributed by atoms with E-state index in [4.69, 9.17) is 4.74 Å². The van der Waals surface area contributed by atoms with E-state index in [2.05, 4.69) is 13.8 Å². The van der Waals surface area contributed by atoms with Crippen molar-refractivity contribution >= 4 is 11.9 Å². The Morgan fingerprint density at radius 3 is 2.46 bits per heavy atom. The summed E-state index contributed by atoms with van der Waals surface area (Å²) < 4.78 is 6.21. The summed E-state index contributed by atoms with van der Waals surface area (Å²) in [6.45, 7) is 6.71. The van der Waals surface area contributed by atoms with Gasteiger partial charge >= 0.3 is 11.9 Å². The highest BCUT2D eigenvalue weighted by Gasteiger charge is 2.66. The smallest absolute Gasteiger partial charge is 0.309 e. The van der Waals surface area contributed by atoms with Crippen LogP contribution < -0.4 is 0 Å². The van der Waals surface area contributed by atoms with E-state index < -0.39 is 17.4 Å². The Morgan fingerprint density at radius 2 is 1.79 bits per heavy atom. The van der Waals surface area contributed by atoms with Crippen LogP contribution in [-0.2, 0) is 14.3 Å². The van der Waals surface area contributed by atoms with Gasteiger partial charge in [0.05, 0.1) is 23.5 Å². The Bertz CT molecular complexity index is 786. The summed E-state index contributed by atoms with van der Waals surface area (Å²) in [6, 6.07) is 0. The Kier molecular flexibility index (Phi) is 3.74. The van der Waals surface area contributed by atoms with E-state index in [1.807, 2.05) is 6.92 Å². The number of fused-ring (bicyclic) bond motifs is 8. The molecule has 3 aliphatic carbocycles. The van der Waals surface area contributed by atoms with Crippen LogP contribution in [0.1, 0.15) is 72.1 Å². The third kappa shape index (κ3) is 2.07. The zero-order chi connectivity index (χ0) is 20.1. The Morgan fingerprint density at radius 1 is 1.04 bits per heavy atom. The second kappa shape index (κ2) is 5.62. The number of carboxylic acids is 2. The second-order valence-electron chi connectivity index (χ2n) is 10.8. The molecule has 0 amide bonds. The molecule has 0 spiro atoms. The molecule has 2 aliphatic heterocycles. The van der Waals surface area contributed by atoms with Crippen molar-refractivity contribution in [3.05, 3.63) is 11.1 Å². The number of hydrogen-bond donors (Lipinski definition) is 2. The molecular weight excluding hydrogens is 356 g/mol. The van der Waals surface area contributed by atoms with Gasteiger partial charge in [-0.25, -0.2) is 0 Å². The van der Waals surface area contributed by atoms with Gasteiger partial charge in [-0.3, -0.25) is 9.59 Å². The van der Waals surface area contributed by atoms with Crippen molar-refractivity contribution in [3.8, 4) is 0 Å². The predicted octanol–water partition coefficient (Wildman–Crippen LogP) is 4.26. The number of rotatable bonds is 2. The summed E-state index contributed by atoms with van der Waals surface area (Å²) in [5.74, 6) is -1.07. The van der Waals surface area contributed by atoms with Crippen LogP contribution >= 0.6 is 0 Å². The standard InChI is InChI=1S/C23H32O5/c1-21-8-4-9-23(3,20(26)27)16(21)7-10-22(2)15(21)6-5-12-17(22)14-11-13(19(24)25)18(12)28-14/h13-16,18H,4-11H2,1-3H3,(H,24,25)(H,26,27)/t13-,14+,15-,16-,18+,21-,22-,23+/m1/s1. The Hall–Kier alpha value is -1.36. The van der Waals surface area contributed by atoms with Gasteiger partial charge in [-0.1, -0.05) is 20.3 Å². The van der Waals surface area contributed by atoms with Crippen molar-refractivity contribution < 1.29 is 24.5 Å². The monoisotopic (exact) mass is 388 g/mol. The molecule has 2 heterocycles. The lowest BCUT2D eigenvalue weighted by molar-refractivity contribution is -0.175. The Balaban J connectivity index is 1.55. The average Bonchev–Trinajstić information content (AvgIpc) is 3.20. The normalized spacial score (nSPS) is 52.0. The molecule has 5 nitrogen and oxygen atoms in total. The molecule has 0 unspecified atom stereocenters. The SMILES string of the molecule is C[C@]12CCC[C@](C)(C(=O)O)[C@@H]1CC[C@@]1(C)C3=C(CC[C@H]21)[C@@H]1O[C@H]3C[C@H]1C(=O)O. The third-order valence-corrected chi connectivity index (χ3v) is 9.77. The lowest BCUT2D eigenvalue weighted by Crippen LogP contribution is -2.59. The fraction of sp³-hybridized carbons (Fsp3) is 0.826. The van der Waals surface area contributed by atoms with Crippen molar-refractivity contribution in [2.45, 2.75) is 84.3 Å². The minimum absolute atomic E-state index is 0.0263. The molecule has 5 rings (SSSR count). The highest BCUT2D eigenvalue weighted by atomic mass is 16.5. The number of aliphatic carboxylic acids is 2. The molecule has 154 valence electrons. The van der Waals surface area contributed by atoms with Crippen LogP contribution in [0.4, 0.5) is 0 Å². The highest BCUT2D eigenvalue weighted by Crippen LogP contribution is 2.70. The molecule has 28 heavy (non-hydrogen) atoms. The van der Waals surface area contributed by atoms with Crippen LogP contribution in [0.5, 0.6) is 0 Å². The van der Waals surface area contributed by atoms with Crippen LogP contribution in [0.3, 0.4) is 0 Å². The van der Waals surface area contributed by atoms with E-state index in [1.54, 1.807) is 0 Å². The maximum atomic E-state index is 12.2. The quantitative estimate of drug-likeness (QED) is 0.691. The largest absolute Gasteiger partial charge is 0.481 e. The van der Waals surface area contributed by atoms with Gasteiger partial charge in [0.2, 0.25) is 0 Å². The lowest BCUT2D eigenvalue weighted by Gasteiger charge is -2.64. The fourth-order valence-corrected chi connectivity index (χ4v) is 8.65. The molecule has 0 aromatic rings. The molecule has 0 radical (unpaired) electrons. The molecule has 0 aromatic carbocycles. The van der Waals surface area contributed by atoms with Crippen molar-refractivity contribution in [1.29, 1.82) is 0 Å². The van der Waals surface area contributed by atoms with E-state index >= 15 is 0 Å². The number of ether oxygens (including phenoxy) is 1.